The highest BCUT2D eigenvalue weighted by atomic mass is 32.2. The maximum absolute atomic E-state index is 12.9. The predicted molar refractivity (Wildman–Crippen MR) is 107 cm³/mol. The number of thioether (sulfide) groups is 1. The number of halogens is 2. The van der Waals surface area contributed by atoms with Gasteiger partial charge in [0.1, 0.15) is 22.3 Å². The van der Waals surface area contributed by atoms with E-state index in [0.717, 1.165) is 23.1 Å². The second kappa shape index (κ2) is 8.81. The SMILES string of the molecule is Nc1nc(SCC(=O)Nc2ccc(F)cc2)sc1C(=O)Nc1ccc(F)cc1. The fourth-order valence-corrected chi connectivity index (χ4v) is 3.88. The lowest BCUT2D eigenvalue weighted by molar-refractivity contribution is -0.113. The zero-order valence-corrected chi connectivity index (χ0v) is 15.9. The number of carbonyl (C=O) groups is 2. The van der Waals surface area contributed by atoms with Gasteiger partial charge in [0.05, 0.1) is 5.75 Å². The van der Waals surface area contributed by atoms with Crippen molar-refractivity contribution >= 4 is 52.1 Å². The van der Waals surface area contributed by atoms with Crippen molar-refractivity contribution in [3.63, 3.8) is 0 Å². The first kappa shape index (κ1) is 19.8. The minimum atomic E-state index is -0.468. The van der Waals surface area contributed by atoms with Crippen molar-refractivity contribution in [1.29, 1.82) is 0 Å². The van der Waals surface area contributed by atoms with Gasteiger partial charge in [0, 0.05) is 11.4 Å². The van der Waals surface area contributed by atoms with Crippen LogP contribution < -0.4 is 16.4 Å². The smallest absolute Gasteiger partial charge is 0.269 e. The van der Waals surface area contributed by atoms with Gasteiger partial charge in [0.25, 0.3) is 5.91 Å². The van der Waals surface area contributed by atoms with E-state index in [1.165, 1.54) is 48.5 Å². The van der Waals surface area contributed by atoms with Crippen LogP contribution in [0.3, 0.4) is 0 Å². The number of anilines is 3. The average Bonchev–Trinajstić information content (AvgIpc) is 3.05. The number of nitrogens with two attached hydrogens (primary N) is 1. The molecule has 0 aliphatic rings. The van der Waals surface area contributed by atoms with Crippen molar-refractivity contribution in [2.45, 2.75) is 4.34 Å². The highest BCUT2D eigenvalue weighted by Crippen LogP contribution is 2.29. The van der Waals surface area contributed by atoms with E-state index in [0.29, 0.717) is 15.7 Å². The molecule has 0 radical (unpaired) electrons. The number of nitrogen functional groups attached to an aromatic ring is 1. The summed E-state index contributed by atoms with van der Waals surface area (Å²) in [6, 6.07) is 10.7. The Bertz CT molecular complexity index is 992. The second-order valence-electron chi connectivity index (χ2n) is 5.50. The summed E-state index contributed by atoms with van der Waals surface area (Å²) in [6.45, 7) is 0. The third-order valence-corrected chi connectivity index (χ3v) is 5.61. The molecular formula is C18H14F2N4O2S2. The van der Waals surface area contributed by atoms with Gasteiger partial charge >= 0.3 is 0 Å². The summed E-state index contributed by atoms with van der Waals surface area (Å²) in [5.74, 6) is -1.48. The summed E-state index contributed by atoms with van der Waals surface area (Å²) >= 11 is 2.17. The maximum Gasteiger partial charge on any atom is 0.269 e. The molecule has 144 valence electrons. The Hall–Kier alpha value is -2.98. The molecule has 0 aliphatic heterocycles. The van der Waals surface area contributed by atoms with Crippen molar-refractivity contribution in [2.24, 2.45) is 0 Å². The number of rotatable bonds is 6. The number of amides is 2. The van der Waals surface area contributed by atoms with Crippen molar-refractivity contribution in [2.75, 3.05) is 22.1 Å². The van der Waals surface area contributed by atoms with Crippen LogP contribution in [0.1, 0.15) is 9.67 Å². The normalized spacial score (nSPS) is 10.5. The third kappa shape index (κ3) is 5.27. The predicted octanol–water partition coefficient (Wildman–Crippen LogP) is 3.99. The Morgan fingerprint density at radius 2 is 1.50 bits per heavy atom. The molecule has 0 fully saturated rings. The molecule has 0 aliphatic carbocycles. The quantitative estimate of drug-likeness (QED) is 0.524. The summed E-state index contributed by atoms with van der Waals surface area (Å²) in [6.07, 6.45) is 0. The summed E-state index contributed by atoms with van der Waals surface area (Å²) < 4.78 is 26.3. The van der Waals surface area contributed by atoms with E-state index < -0.39 is 17.5 Å². The van der Waals surface area contributed by atoms with E-state index in [4.69, 9.17) is 5.73 Å². The number of hydrogen-bond donors (Lipinski definition) is 3. The van der Waals surface area contributed by atoms with E-state index >= 15 is 0 Å². The Labute approximate surface area is 167 Å². The first-order chi connectivity index (χ1) is 13.4. The van der Waals surface area contributed by atoms with Crippen LogP contribution in [-0.2, 0) is 4.79 Å². The van der Waals surface area contributed by atoms with Crippen molar-refractivity contribution in [1.82, 2.24) is 4.98 Å². The average molecular weight is 420 g/mol. The van der Waals surface area contributed by atoms with E-state index in [-0.39, 0.29) is 22.4 Å². The van der Waals surface area contributed by atoms with Crippen LogP contribution in [0.5, 0.6) is 0 Å². The van der Waals surface area contributed by atoms with Gasteiger partial charge in [-0.1, -0.05) is 11.8 Å². The Morgan fingerprint density at radius 1 is 0.964 bits per heavy atom. The number of carbonyl (C=O) groups excluding carboxylic acids is 2. The van der Waals surface area contributed by atoms with Gasteiger partial charge in [-0.25, -0.2) is 13.8 Å². The Morgan fingerprint density at radius 3 is 2.07 bits per heavy atom. The van der Waals surface area contributed by atoms with Gasteiger partial charge < -0.3 is 16.4 Å². The lowest BCUT2D eigenvalue weighted by Crippen LogP contribution is -2.13. The molecule has 6 nitrogen and oxygen atoms in total. The van der Waals surface area contributed by atoms with Crippen molar-refractivity contribution < 1.29 is 18.4 Å². The molecule has 2 aromatic carbocycles. The van der Waals surface area contributed by atoms with Crippen LogP contribution in [0.2, 0.25) is 0 Å². The molecule has 0 atom stereocenters. The molecule has 2 amide bonds. The van der Waals surface area contributed by atoms with Crippen molar-refractivity contribution in [3.8, 4) is 0 Å². The molecule has 1 heterocycles. The van der Waals surface area contributed by atoms with Gasteiger partial charge in [-0.15, -0.1) is 11.3 Å². The van der Waals surface area contributed by atoms with Crippen LogP contribution in [0.4, 0.5) is 26.0 Å². The first-order valence-electron chi connectivity index (χ1n) is 7.92. The van der Waals surface area contributed by atoms with E-state index in [1.54, 1.807) is 0 Å². The maximum atomic E-state index is 12.9. The fraction of sp³-hybridized carbons (Fsp3) is 0.0556. The fourth-order valence-electron chi connectivity index (χ4n) is 2.11. The topological polar surface area (TPSA) is 97.1 Å². The van der Waals surface area contributed by atoms with Gasteiger partial charge in [0.15, 0.2) is 4.34 Å². The molecule has 3 aromatic rings. The van der Waals surface area contributed by atoms with Crippen molar-refractivity contribution in [3.05, 3.63) is 65.0 Å². The monoisotopic (exact) mass is 420 g/mol. The van der Waals surface area contributed by atoms with Crippen LogP contribution in [0, 0.1) is 11.6 Å². The zero-order valence-electron chi connectivity index (χ0n) is 14.2. The van der Waals surface area contributed by atoms with Crippen LogP contribution >= 0.6 is 23.1 Å². The number of aromatic nitrogens is 1. The standard InChI is InChI=1S/C18H14F2N4O2S2/c19-10-1-5-12(6-2-10)22-14(25)9-27-18-24-16(21)15(28-18)17(26)23-13-7-3-11(20)4-8-13/h1-8H,9,21H2,(H,22,25)(H,23,26). The van der Waals surface area contributed by atoms with Crippen LogP contribution in [-0.4, -0.2) is 22.6 Å². The molecule has 0 unspecified atom stereocenters. The summed E-state index contributed by atoms with van der Waals surface area (Å²) in [4.78, 5) is 28.6. The van der Waals surface area contributed by atoms with Crippen LogP contribution in [0.25, 0.3) is 0 Å². The number of nitrogens with one attached hydrogen (secondary N) is 2. The molecule has 0 saturated carbocycles. The number of thiazole rings is 1. The summed E-state index contributed by atoms with van der Waals surface area (Å²) in [5.41, 5.74) is 6.69. The molecular weight excluding hydrogens is 406 g/mol. The van der Waals surface area contributed by atoms with Gasteiger partial charge in [-0.05, 0) is 48.5 Å². The number of nitrogens with zero attached hydrogens (tertiary/aromatic N) is 1. The minimum absolute atomic E-state index is 0.0450. The van der Waals surface area contributed by atoms with E-state index in [9.17, 15) is 18.4 Å². The first-order valence-corrected chi connectivity index (χ1v) is 9.72. The molecule has 4 N–H and O–H groups in total. The van der Waals surface area contributed by atoms with Gasteiger partial charge in [-0.3, -0.25) is 9.59 Å². The van der Waals surface area contributed by atoms with E-state index in [2.05, 4.69) is 15.6 Å². The molecule has 0 bridgehead atoms. The van der Waals surface area contributed by atoms with E-state index in [1.807, 2.05) is 0 Å². The number of benzene rings is 2. The summed E-state index contributed by atoms with van der Waals surface area (Å²) in [7, 11) is 0. The highest BCUT2D eigenvalue weighted by molar-refractivity contribution is 8.01. The largest absolute Gasteiger partial charge is 0.382 e. The Balaban J connectivity index is 1.57. The third-order valence-electron chi connectivity index (χ3n) is 3.40. The lowest BCUT2D eigenvalue weighted by Gasteiger charge is -2.04. The summed E-state index contributed by atoms with van der Waals surface area (Å²) in [5, 5.41) is 5.24. The molecule has 1 aromatic heterocycles. The lowest BCUT2D eigenvalue weighted by atomic mass is 10.3. The second-order valence-corrected chi connectivity index (χ2v) is 7.72. The molecule has 0 spiro atoms. The van der Waals surface area contributed by atoms with Crippen LogP contribution in [0.15, 0.2) is 52.9 Å². The highest BCUT2D eigenvalue weighted by Gasteiger charge is 2.17. The molecule has 28 heavy (non-hydrogen) atoms. The zero-order chi connectivity index (χ0) is 20.1. The van der Waals surface area contributed by atoms with Gasteiger partial charge in [0.2, 0.25) is 5.91 Å². The Kier molecular flexibility index (Phi) is 6.22. The number of hydrogen-bond acceptors (Lipinski definition) is 6. The minimum Gasteiger partial charge on any atom is -0.382 e. The molecule has 0 saturated heterocycles. The molecule has 10 heteroatoms. The van der Waals surface area contributed by atoms with Gasteiger partial charge in [-0.2, -0.15) is 0 Å². The molecule has 3 rings (SSSR count).